The number of ether oxygens (including phenoxy) is 1. The van der Waals surface area contributed by atoms with Gasteiger partial charge in [0.25, 0.3) is 0 Å². The molecule has 2 aromatic rings. The highest BCUT2D eigenvalue weighted by Gasteiger charge is 2.21. The quantitative estimate of drug-likeness (QED) is 0.623. The molecular formula is C14H10BF5O. The summed E-state index contributed by atoms with van der Waals surface area (Å²) in [6, 6.07) is 2.31. The number of halogens is 5. The minimum Gasteiger partial charge on any atom is -0.497 e. The van der Waals surface area contributed by atoms with Crippen LogP contribution in [0.15, 0.2) is 18.2 Å². The van der Waals surface area contributed by atoms with Crippen molar-refractivity contribution in [2.45, 2.75) is 6.92 Å². The van der Waals surface area contributed by atoms with E-state index >= 15 is 0 Å². The summed E-state index contributed by atoms with van der Waals surface area (Å²) in [5.74, 6) is -5.43. The second-order valence-electron chi connectivity index (χ2n) is 4.50. The first-order chi connectivity index (χ1) is 9.85. The van der Waals surface area contributed by atoms with E-state index in [9.17, 15) is 22.0 Å². The zero-order chi connectivity index (χ0) is 15.7. The summed E-state index contributed by atoms with van der Waals surface area (Å²) in [4.78, 5) is 0. The van der Waals surface area contributed by atoms with E-state index in [1.807, 2.05) is 0 Å². The zero-order valence-corrected chi connectivity index (χ0v) is 11.2. The summed E-state index contributed by atoms with van der Waals surface area (Å²) in [5.41, 5.74) is -1.50. The molecule has 0 saturated heterocycles. The van der Waals surface area contributed by atoms with E-state index < -0.39 is 52.9 Å². The normalized spacial score (nSPS) is 10.6. The van der Waals surface area contributed by atoms with E-state index in [1.165, 1.54) is 7.11 Å². The lowest BCUT2D eigenvalue weighted by atomic mass is 9.62. The number of benzene rings is 2. The van der Waals surface area contributed by atoms with Crippen molar-refractivity contribution in [1.29, 1.82) is 0 Å². The standard InChI is InChI=1S/C14H10BF5O/c1-6-8(16)5-11(19)13(14(6)20)15-12-9(17)3-7(21-2)4-10(12)18/h3-5,15H,1-2H3. The smallest absolute Gasteiger partial charge is 0.207 e. The summed E-state index contributed by atoms with van der Waals surface area (Å²) in [6.45, 7) is 1.12. The highest BCUT2D eigenvalue weighted by Crippen LogP contribution is 2.14. The zero-order valence-electron chi connectivity index (χ0n) is 11.2. The molecule has 0 saturated carbocycles. The Morgan fingerprint density at radius 3 is 1.86 bits per heavy atom. The molecule has 0 aliphatic heterocycles. The monoisotopic (exact) mass is 300 g/mol. The highest BCUT2D eigenvalue weighted by atomic mass is 19.2. The lowest BCUT2D eigenvalue weighted by molar-refractivity contribution is 0.407. The van der Waals surface area contributed by atoms with Crippen LogP contribution in [-0.2, 0) is 0 Å². The van der Waals surface area contributed by atoms with Crippen molar-refractivity contribution in [3.63, 3.8) is 0 Å². The minimum atomic E-state index is -1.19. The molecule has 0 atom stereocenters. The van der Waals surface area contributed by atoms with Crippen LogP contribution in [0.1, 0.15) is 5.56 Å². The Balaban J connectivity index is 2.51. The summed E-state index contributed by atoms with van der Waals surface area (Å²) in [7, 11) is 0.566. The molecule has 0 aliphatic carbocycles. The number of methoxy groups -OCH3 is 1. The molecule has 0 N–H and O–H groups in total. The fourth-order valence-corrected chi connectivity index (χ4v) is 1.95. The van der Waals surface area contributed by atoms with Crippen LogP contribution in [0.5, 0.6) is 5.75 Å². The van der Waals surface area contributed by atoms with Crippen LogP contribution in [0.4, 0.5) is 22.0 Å². The van der Waals surface area contributed by atoms with Gasteiger partial charge in [0, 0.05) is 23.8 Å². The second kappa shape index (κ2) is 5.75. The number of hydrogen-bond donors (Lipinski definition) is 0. The van der Waals surface area contributed by atoms with Gasteiger partial charge in [0.1, 0.15) is 34.8 Å². The van der Waals surface area contributed by atoms with Crippen LogP contribution in [-0.4, -0.2) is 14.4 Å². The van der Waals surface area contributed by atoms with Crippen LogP contribution in [0.25, 0.3) is 0 Å². The fourth-order valence-electron chi connectivity index (χ4n) is 1.95. The van der Waals surface area contributed by atoms with Crippen LogP contribution >= 0.6 is 0 Å². The maximum absolute atomic E-state index is 13.9. The third kappa shape index (κ3) is 2.86. The summed E-state index contributed by atoms with van der Waals surface area (Å²) >= 11 is 0. The summed E-state index contributed by atoms with van der Waals surface area (Å²) in [5, 5.41) is 0. The van der Waals surface area contributed by atoms with Crippen molar-refractivity contribution in [2.24, 2.45) is 0 Å². The molecule has 0 bridgehead atoms. The van der Waals surface area contributed by atoms with Gasteiger partial charge in [-0.3, -0.25) is 0 Å². The molecule has 110 valence electrons. The molecule has 0 spiro atoms. The Bertz CT molecular complexity index is 679. The largest absolute Gasteiger partial charge is 0.497 e. The van der Waals surface area contributed by atoms with Gasteiger partial charge in [0.05, 0.1) is 7.11 Å². The Morgan fingerprint density at radius 2 is 1.33 bits per heavy atom. The predicted molar refractivity (Wildman–Crippen MR) is 70.4 cm³/mol. The molecule has 0 aromatic heterocycles. The van der Waals surface area contributed by atoms with Gasteiger partial charge in [-0.2, -0.15) is 0 Å². The lowest BCUT2D eigenvalue weighted by Crippen LogP contribution is -2.37. The lowest BCUT2D eigenvalue weighted by Gasteiger charge is -2.10. The summed E-state index contributed by atoms with van der Waals surface area (Å²) in [6.07, 6.45) is 0. The van der Waals surface area contributed by atoms with Crippen molar-refractivity contribution in [3.8, 4) is 5.75 Å². The molecule has 0 heterocycles. The van der Waals surface area contributed by atoms with Crippen molar-refractivity contribution >= 4 is 18.2 Å². The first kappa shape index (κ1) is 15.3. The molecule has 2 aromatic carbocycles. The molecule has 21 heavy (non-hydrogen) atoms. The first-order valence-corrected chi connectivity index (χ1v) is 6.00. The van der Waals surface area contributed by atoms with Crippen molar-refractivity contribution < 1.29 is 26.7 Å². The highest BCUT2D eigenvalue weighted by molar-refractivity contribution is 6.67. The SMILES string of the molecule is COc1cc(F)c(Bc2c(F)cc(F)c(C)c2F)c(F)c1. The molecule has 0 aliphatic rings. The van der Waals surface area contributed by atoms with Crippen molar-refractivity contribution in [2.75, 3.05) is 7.11 Å². The topological polar surface area (TPSA) is 9.23 Å². The molecule has 0 fully saturated rings. The van der Waals surface area contributed by atoms with Gasteiger partial charge in [0.2, 0.25) is 7.28 Å². The third-order valence-corrected chi connectivity index (χ3v) is 3.20. The second-order valence-corrected chi connectivity index (χ2v) is 4.50. The van der Waals surface area contributed by atoms with Gasteiger partial charge in [-0.05, 0) is 17.8 Å². The maximum Gasteiger partial charge on any atom is 0.207 e. The van der Waals surface area contributed by atoms with Crippen LogP contribution in [0, 0.1) is 36.0 Å². The summed E-state index contributed by atoms with van der Waals surface area (Å²) < 4.78 is 72.9. The van der Waals surface area contributed by atoms with Crippen LogP contribution in [0.3, 0.4) is 0 Å². The molecule has 2 rings (SSSR count). The Morgan fingerprint density at radius 1 is 0.810 bits per heavy atom. The number of hydrogen-bond acceptors (Lipinski definition) is 1. The first-order valence-electron chi connectivity index (χ1n) is 6.00. The maximum atomic E-state index is 13.9. The Kier molecular flexibility index (Phi) is 4.20. The van der Waals surface area contributed by atoms with E-state index in [-0.39, 0.29) is 5.75 Å². The third-order valence-electron chi connectivity index (χ3n) is 3.20. The van der Waals surface area contributed by atoms with Crippen molar-refractivity contribution in [1.82, 2.24) is 0 Å². The Hall–Kier alpha value is -2.05. The fraction of sp³-hybridized carbons (Fsp3) is 0.143. The van der Waals surface area contributed by atoms with E-state index in [0.29, 0.717) is 6.07 Å². The molecule has 1 nitrogen and oxygen atoms in total. The molecule has 0 amide bonds. The van der Waals surface area contributed by atoms with Gasteiger partial charge in [-0.1, -0.05) is 0 Å². The van der Waals surface area contributed by atoms with E-state index in [2.05, 4.69) is 4.74 Å². The molecule has 0 unspecified atom stereocenters. The molecular weight excluding hydrogens is 290 g/mol. The van der Waals surface area contributed by atoms with Crippen LogP contribution < -0.4 is 15.7 Å². The van der Waals surface area contributed by atoms with Gasteiger partial charge >= 0.3 is 0 Å². The van der Waals surface area contributed by atoms with E-state index in [1.54, 1.807) is 0 Å². The van der Waals surface area contributed by atoms with Gasteiger partial charge in [-0.25, -0.2) is 22.0 Å². The van der Waals surface area contributed by atoms with Gasteiger partial charge < -0.3 is 4.74 Å². The molecule has 7 heteroatoms. The molecule has 0 radical (unpaired) electrons. The number of rotatable bonds is 3. The van der Waals surface area contributed by atoms with Crippen LogP contribution in [0.2, 0.25) is 0 Å². The van der Waals surface area contributed by atoms with Crippen molar-refractivity contribution in [3.05, 3.63) is 52.8 Å². The predicted octanol–water partition coefficient (Wildman–Crippen LogP) is 2.09. The van der Waals surface area contributed by atoms with Gasteiger partial charge in [0.15, 0.2) is 0 Å². The average Bonchev–Trinajstić information content (AvgIpc) is 2.43. The minimum absolute atomic E-state index is 0.0509. The van der Waals surface area contributed by atoms with Gasteiger partial charge in [-0.15, -0.1) is 0 Å². The van der Waals surface area contributed by atoms with E-state index in [0.717, 1.165) is 19.1 Å². The Labute approximate surface area is 118 Å². The average molecular weight is 300 g/mol. The van der Waals surface area contributed by atoms with E-state index in [4.69, 9.17) is 0 Å².